The number of hydroxylamine groups is 1. The molecule has 0 aliphatic rings. The highest BCUT2D eigenvalue weighted by Gasteiger charge is 2.17. The van der Waals surface area contributed by atoms with Crippen LogP contribution in [0.1, 0.15) is 15.9 Å². The van der Waals surface area contributed by atoms with Gasteiger partial charge < -0.3 is 4.57 Å². The van der Waals surface area contributed by atoms with Crippen molar-refractivity contribution in [2.45, 2.75) is 6.61 Å². The number of hydrogen-bond donors (Lipinski definition) is 1. The van der Waals surface area contributed by atoms with Gasteiger partial charge in [-0.25, -0.2) is 5.48 Å². The zero-order valence-electron chi connectivity index (χ0n) is 12.1. The van der Waals surface area contributed by atoms with Crippen LogP contribution >= 0.6 is 0 Å². The van der Waals surface area contributed by atoms with Crippen LogP contribution in [0.15, 0.2) is 61.1 Å². The summed E-state index contributed by atoms with van der Waals surface area (Å²) in [5.41, 5.74) is 3.89. The van der Waals surface area contributed by atoms with Crippen molar-refractivity contribution in [3.8, 4) is 5.82 Å². The number of aryl methyl sites for hydroxylation is 1. The van der Waals surface area contributed by atoms with Crippen molar-refractivity contribution < 1.29 is 9.63 Å². The second kappa shape index (κ2) is 6.28. The minimum Gasteiger partial charge on any atom is -0.308 e. The van der Waals surface area contributed by atoms with E-state index in [1.54, 1.807) is 11.7 Å². The zero-order chi connectivity index (χ0) is 15.4. The predicted molar refractivity (Wildman–Crippen MR) is 81.2 cm³/mol. The maximum Gasteiger partial charge on any atom is 0.280 e. The summed E-state index contributed by atoms with van der Waals surface area (Å²) in [6.07, 6.45) is 5.24. The van der Waals surface area contributed by atoms with Gasteiger partial charge in [0.25, 0.3) is 5.91 Å². The normalized spacial score (nSPS) is 10.6. The molecule has 0 aliphatic heterocycles. The minimum atomic E-state index is -0.326. The Hall–Kier alpha value is -2.86. The smallest absolute Gasteiger partial charge is 0.280 e. The molecule has 0 saturated heterocycles. The molecule has 0 bridgehead atoms. The number of benzene rings is 1. The van der Waals surface area contributed by atoms with Gasteiger partial charge in [0.15, 0.2) is 0 Å². The SMILES string of the molecule is Cn1ncc(C(=O)NOCc2ccccc2)c1-n1cccc1. The Morgan fingerprint density at radius 2 is 1.91 bits per heavy atom. The molecule has 3 rings (SSSR count). The summed E-state index contributed by atoms with van der Waals surface area (Å²) in [6, 6.07) is 13.4. The highest BCUT2D eigenvalue weighted by Crippen LogP contribution is 2.13. The first-order valence-electron chi connectivity index (χ1n) is 6.87. The monoisotopic (exact) mass is 296 g/mol. The van der Waals surface area contributed by atoms with Crippen molar-refractivity contribution in [2.24, 2.45) is 7.05 Å². The van der Waals surface area contributed by atoms with E-state index < -0.39 is 0 Å². The Kier molecular flexibility index (Phi) is 4.02. The van der Waals surface area contributed by atoms with Crippen molar-refractivity contribution >= 4 is 5.91 Å². The number of hydrogen-bond acceptors (Lipinski definition) is 3. The van der Waals surface area contributed by atoms with Crippen molar-refractivity contribution in [3.05, 3.63) is 72.2 Å². The molecule has 1 aromatic carbocycles. The standard InChI is InChI=1S/C16H16N4O2/c1-19-16(20-9-5-6-10-20)14(11-17-19)15(21)18-22-12-13-7-3-2-4-8-13/h2-11H,12H2,1H3,(H,18,21). The molecule has 0 aliphatic carbocycles. The lowest BCUT2D eigenvalue weighted by molar-refractivity contribution is 0.0233. The van der Waals surface area contributed by atoms with Crippen LogP contribution in [-0.4, -0.2) is 20.3 Å². The highest BCUT2D eigenvalue weighted by molar-refractivity contribution is 5.96. The first-order chi connectivity index (χ1) is 10.8. The van der Waals surface area contributed by atoms with Gasteiger partial charge in [0.1, 0.15) is 11.4 Å². The molecular weight excluding hydrogens is 280 g/mol. The second-order valence-corrected chi connectivity index (χ2v) is 4.80. The molecule has 112 valence electrons. The van der Waals surface area contributed by atoms with E-state index in [0.29, 0.717) is 18.0 Å². The predicted octanol–water partition coefficient (Wildman–Crippen LogP) is 2.07. The number of carbonyl (C=O) groups excluding carboxylic acids is 1. The topological polar surface area (TPSA) is 61.1 Å². The maximum atomic E-state index is 12.3. The van der Waals surface area contributed by atoms with Crippen molar-refractivity contribution in [3.63, 3.8) is 0 Å². The van der Waals surface area contributed by atoms with Gasteiger partial charge in [-0.15, -0.1) is 0 Å². The lowest BCUT2D eigenvalue weighted by Gasteiger charge is -2.08. The van der Waals surface area contributed by atoms with E-state index in [-0.39, 0.29) is 5.91 Å². The summed E-state index contributed by atoms with van der Waals surface area (Å²) in [6.45, 7) is 0.311. The fourth-order valence-corrected chi connectivity index (χ4v) is 2.19. The van der Waals surface area contributed by atoms with Crippen LogP contribution in [-0.2, 0) is 18.5 Å². The molecule has 1 amide bonds. The third-order valence-electron chi connectivity index (χ3n) is 3.25. The molecule has 0 spiro atoms. The second-order valence-electron chi connectivity index (χ2n) is 4.80. The van der Waals surface area contributed by atoms with Gasteiger partial charge in [-0.1, -0.05) is 30.3 Å². The summed E-state index contributed by atoms with van der Waals surface area (Å²) in [5.74, 6) is 0.360. The van der Waals surface area contributed by atoms with Gasteiger partial charge in [-0.05, 0) is 17.7 Å². The van der Waals surface area contributed by atoms with Crippen LogP contribution < -0.4 is 5.48 Å². The van der Waals surface area contributed by atoms with E-state index in [0.717, 1.165) is 5.56 Å². The van der Waals surface area contributed by atoms with E-state index >= 15 is 0 Å². The van der Waals surface area contributed by atoms with Crippen molar-refractivity contribution in [2.75, 3.05) is 0 Å². The fraction of sp³-hybridized carbons (Fsp3) is 0.125. The zero-order valence-corrected chi connectivity index (χ0v) is 12.1. The van der Waals surface area contributed by atoms with Gasteiger partial charge in [0.2, 0.25) is 0 Å². The number of carbonyl (C=O) groups is 1. The Morgan fingerprint density at radius 1 is 1.18 bits per heavy atom. The molecule has 1 N–H and O–H groups in total. The molecule has 6 heteroatoms. The van der Waals surface area contributed by atoms with E-state index in [1.165, 1.54) is 6.20 Å². The van der Waals surface area contributed by atoms with Crippen LogP contribution in [0.5, 0.6) is 0 Å². The summed E-state index contributed by atoms with van der Waals surface area (Å²) in [5, 5.41) is 4.14. The summed E-state index contributed by atoms with van der Waals surface area (Å²) < 4.78 is 3.48. The lowest BCUT2D eigenvalue weighted by atomic mass is 10.2. The first kappa shape index (κ1) is 14.1. The van der Waals surface area contributed by atoms with E-state index in [1.807, 2.05) is 59.4 Å². The average Bonchev–Trinajstić information content (AvgIpc) is 3.17. The molecule has 0 radical (unpaired) electrons. The van der Waals surface area contributed by atoms with Gasteiger partial charge >= 0.3 is 0 Å². The van der Waals surface area contributed by atoms with Gasteiger partial charge in [0, 0.05) is 19.4 Å². The summed E-state index contributed by atoms with van der Waals surface area (Å²) >= 11 is 0. The number of nitrogens with one attached hydrogen (secondary N) is 1. The summed E-state index contributed by atoms with van der Waals surface area (Å²) in [7, 11) is 1.79. The summed E-state index contributed by atoms with van der Waals surface area (Å²) in [4.78, 5) is 17.5. The molecule has 22 heavy (non-hydrogen) atoms. The van der Waals surface area contributed by atoms with Crippen LogP contribution in [0.4, 0.5) is 0 Å². The van der Waals surface area contributed by atoms with Crippen molar-refractivity contribution in [1.29, 1.82) is 0 Å². The Morgan fingerprint density at radius 3 is 2.64 bits per heavy atom. The molecule has 2 heterocycles. The van der Waals surface area contributed by atoms with E-state index in [9.17, 15) is 4.79 Å². The molecule has 0 fully saturated rings. The lowest BCUT2D eigenvalue weighted by Crippen LogP contribution is -2.24. The van der Waals surface area contributed by atoms with Crippen LogP contribution in [0.2, 0.25) is 0 Å². The molecule has 0 unspecified atom stereocenters. The molecule has 3 aromatic rings. The quantitative estimate of drug-likeness (QED) is 0.733. The van der Waals surface area contributed by atoms with E-state index in [4.69, 9.17) is 4.84 Å². The van der Waals surface area contributed by atoms with E-state index in [2.05, 4.69) is 10.6 Å². The average molecular weight is 296 g/mol. The maximum absolute atomic E-state index is 12.3. The van der Waals surface area contributed by atoms with Gasteiger partial charge in [-0.3, -0.25) is 14.3 Å². The number of rotatable bonds is 5. The van der Waals surface area contributed by atoms with Gasteiger partial charge in [0.05, 0.1) is 12.8 Å². The Bertz CT molecular complexity index is 748. The first-order valence-corrected chi connectivity index (χ1v) is 6.87. The molecule has 2 aromatic heterocycles. The Balaban J connectivity index is 1.68. The van der Waals surface area contributed by atoms with Crippen molar-refractivity contribution in [1.82, 2.24) is 19.8 Å². The Labute approximate surface area is 127 Å². The molecule has 6 nitrogen and oxygen atoms in total. The molecule has 0 saturated carbocycles. The number of aromatic nitrogens is 3. The number of amides is 1. The van der Waals surface area contributed by atoms with Crippen LogP contribution in [0.3, 0.4) is 0 Å². The minimum absolute atomic E-state index is 0.311. The van der Waals surface area contributed by atoms with Crippen LogP contribution in [0, 0.1) is 0 Å². The van der Waals surface area contributed by atoms with Crippen LogP contribution in [0.25, 0.3) is 5.82 Å². The third kappa shape index (κ3) is 2.91. The molecular formula is C16H16N4O2. The third-order valence-corrected chi connectivity index (χ3v) is 3.25. The largest absolute Gasteiger partial charge is 0.308 e. The van der Waals surface area contributed by atoms with Gasteiger partial charge in [-0.2, -0.15) is 5.10 Å². The molecule has 0 atom stereocenters. The number of nitrogens with zero attached hydrogens (tertiary/aromatic N) is 3. The highest BCUT2D eigenvalue weighted by atomic mass is 16.6. The fourth-order valence-electron chi connectivity index (χ4n) is 2.19.